The van der Waals surface area contributed by atoms with Crippen LogP contribution in [0.4, 0.5) is 0 Å². The Morgan fingerprint density at radius 2 is 2.38 bits per heavy atom. The first kappa shape index (κ1) is 11.3. The Balaban J connectivity index is 2.36. The molecule has 2 N–H and O–H groups in total. The number of hydrogen-bond acceptors (Lipinski definition) is 5. The van der Waals surface area contributed by atoms with Gasteiger partial charge in [0.2, 0.25) is 10.0 Å². The quantitative estimate of drug-likeness (QED) is 0.823. The minimum atomic E-state index is -3.36. The van der Waals surface area contributed by atoms with Crippen molar-refractivity contribution in [2.45, 2.75) is 4.34 Å². The van der Waals surface area contributed by atoms with E-state index in [9.17, 15) is 8.42 Å². The molecule has 1 aromatic heterocycles. The van der Waals surface area contributed by atoms with Gasteiger partial charge in [-0.05, 0) is 0 Å². The first-order valence-corrected chi connectivity index (χ1v) is 7.17. The van der Waals surface area contributed by atoms with Crippen molar-refractivity contribution in [1.29, 1.82) is 0 Å². The summed E-state index contributed by atoms with van der Waals surface area (Å²) in [6, 6.07) is 0. The van der Waals surface area contributed by atoms with Crippen molar-refractivity contribution >= 4 is 44.7 Å². The highest BCUT2D eigenvalue weighted by atomic mass is 35.5. The molecule has 0 atom stereocenters. The van der Waals surface area contributed by atoms with E-state index in [0.29, 0.717) is 10.9 Å². The summed E-state index contributed by atoms with van der Waals surface area (Å²) in [6.07, 6.45) is 0. The highest BCUT2D eigenvalue weighted by molar-refractivity contribution is 8.02. The zero-order valence-corrected chi connectivity index (χ0v) is 9.64. The van der Waals surface area contributed by atoms with E-state index < -0.39 is 10.0 Å². The molecule has 0 spiro atoms. The van der Waals surface area contributed by atoms with Crippen LogP contribution in [0.3, 0.4) is 0 Å². The lowest BCUT2D eigenvalue weighted by Crippen LogP contribution is -2.17. The highest BCUT2D eigenvalue weighted by Crippen LogP contribution is 2.24. The highest BCUT2D eigenvalue weighted by Gasteiger charge is 2.05. The molecule has 0 unspecified atom stereocenters. The maximum Gasteiger partial charge on any atom is 0.209 e. The topological polar surface area (TPSA) is 73.1 Å². The molecule has 13 heavy (non-hydrogen) atoms. The SMILES string of the molecule is NS(=O)(=O)CCSc1nc(Cl)cs1. The molecule has 0 bridgehead atoms. The average Bonchev–Trinajstić information content (AvgIpc) is 2.33. The Bertz CT molecular complexity index is 375. The number of sulfonamides is 1. The minimum Gasteiger partial charge on any atom is -0.229 e. The predicted molar refractivity (Wildman–Crippen MR) is 55.8 cm³/mol. The van der Waals surface area contributed by atoms with E-state index in [1.54, 1.807) is 5.38 Å². The van der Waals surface area contributed by atoms with Crippen molar-refractivity contribution in [3.63, 3.8) is 0 Å². The maximum atomic E-state index is 10.5. The van der Waals surface area contributed by atoms with Crippen LogP contribution in [0.2, 0.25) is 5.15 Å². The molecule has 74 valence electrons. The zero-order valence-electron chi connectivity index (χ0n) is 6.44. The number of hydrogen-bond donors (Lipinski definition) is 1. The Labute approximate surface area is 89.5 Å². The number of thiazole rings is 1. The molecule has 0 saturated carbocycles. The molecule has 1 rings (SSSR count). The fourth-order valence-electron chi connectivity index (χ4n) is 0.550. The van der Waals surface area contributed by atoms with Crippen LogP contribution in [0.1, 0.15) is 0 Å². The van der Waals surface area contributed by atoms with Crippen molar-refractivity contribution in [3.05, 3.63) is 10.5 Å². The molecular weight excluding hydrogens is 252 g/mol. The first-order chi connectivity index (χ1) is 5.97. The number of primary sulfonamides is 1. The molecule has 8 heteroatoms. The standard InChI is InChI=1S/C5H7ClN2O2S3/c6-4-3-12-5(8-4)11-1-2-13(7,9)10/h3H,1-2H2,(H2,7,9,10). The summed E-state index contributed by atoms with van der Waals surface area (Å²) in [7, 11) is -3.36. The smallest absolute Gasteiger partial charge is 0.209 e. The first-order valence-electron chi connectivity index (χ1n) is 3.22. The van der Waals surface area contributed by atoms with Gasteiger partial charge in [0.15, 0.2) is 4.34 Å². The molecule has 1 heterocycles. The van der Waals surface area contributed by atoms with E-state index >= 15 is 0 Å². The predicted octanol–water partition coefficient (Wildman–Crippen LogP) is 1.18. The second kappa shape index (κ2) is 4.61. The molecule has 0 radical (unpaired) electrons. The number of aromatic nitrogens is 1. The number of halogens is 1. The Kier molecular flexibility index (Phi) is 3.99. The molecule has 0 aliphatic rings. The lowest BCUT2D eigenvalue weighted by molar-refractivity contribution is 0.599. The summed E-state index contributed by atoms with van der Waals surface area (Å²) < 4.78 is 21.9. The van der Waals surface area contributed by atoms with Crippen LogP contribution in [0.5, 0.6) is 0 Å². The van der Waals surface area contributed by atoms with Gasteiger partial charge >= 0.3 is 0 Å². The number of nitrogens with zero attached hydrogens (tertiary/aromatic N) is 1. The van der Waals surface area contributed by atoms with Gasteiger partial charge in [-0.25, -0.2) is 18.5 Å². The van der Waals surface area contributed by atoms with Crippen LogP contribution < -0.4 is 5.14 Å². The molecule has 0 aliphatic heterocycles. The third-order valence-electron chi connectivity index (χ3n) is 1.05. The minimum absolute atomic E-state index is 0.0468. The number of thioether (sulfide) groups is 1. The lowest BCUT2D eigenvalue weighted by Gasteiger charge is -1.94. The summed E-state index contributed by atoms with van der Waals surface area (Å²) >= 11 is 8.29. The molecule has 0 fully saturated rings. The van der Waals surface area contributed by atoms with Gasteiger partial charge in [0, 0.05) is 11.1 Å². The van der Waals surface area contributed by atoms with Crippen molar-refractivity contribution in [2.24, 2.45) is 5.14 Å². The van der Waals surface area contributed by atoms with E-state index in [-0.39, 0.29) is 5.75 Å². The van der Waals surface area contributed by atoms with Gasteiger partial charge in [-0.1, -0.05) is 23.4 Å². The molecule has 0 aromatic carbocycles. The third kappa shape index (κ3) is 4.82. The van der Waals surface area contributed by atoms with E-state index in [4.69, 9.17) is 16.7 Å². The summed E-state index contributed by atoms with van der Waals surface area (Å²) in [6.45, 7) is 0. The summed E-state index contributed by atoms with van der Waals surface area (Å²) in [5, 5.41) is 6.95. The van der Waals surface area contributed by atoms with Crippen molar-refractivity contribution in [1.82, 2.24) is 4.98 Å². The van der Waals surface area contributed by atoms with Gasteiger partial charge in [-0.15, -0.1) is 11.3 Å². The molecule has 0 aliphatic carbocycles. The fourth-order valence-corrected chi connectivity index (χ4v) is 3.54. The zero-order chi connectivity index (χ0) is 9.90. The van der Waals surface area contributed by atoms with Crippen LogP contribution in [0.15, 0.2) is 9.72 Å². The fraction of sp³-hybridized carbons (Fsp3) is 0.400. The van der Waals surface area contributed by atoms with E-state index in [0.717, 1.165) is 4.34 Å². The van der Waals surface area contributed by atoms with Crippen molar-refractivity contribution < 1.29 is 8.42 Å². The average molecular weight is 259 g/mol. The van der Waals surface area contributed by atoms with Crippen LogP contribution in [0, 0.1) is 0 Å². The van der Waals surface area contributed by atoms with Crippen LogP contribution in [0.25, 0.3) is 0 Å². The molecule has 1 aromatic rings. The van der Waals surface area contributed by atoms with Crippen LogP contribution in [-0.2, 0) is 10.0 Å². The van der Waals surface area contributed by atoms with Gasteiger partial charge in [0.25, 0.3) is 0 Å². The largest absolute Gasteiger partial charge is 0.229 e. The van der Waals surface area contributed by atoms with Crippen LogP contribution in [-0.4, -0.2) is 24.9 Å². The molecule has 0 saturated heterocycles. The number of nitrogens with two attached hydrogens (primary N) is 1. The molecule has 4 nitrogen and oxygen atoms in total. The van der Waals surface area contributed by atoms with Gasteiger partial charge < -0.3 is 0 Å². The Morgan fingerprint density at radius 1 is 1.69 bits per heavy atom. The lowest BCUT2D eigenvalue weighted by atomic mass is 11.0. The normalized spacial score (nSPS) is 11.8. The summed E-state index contributed by atoms with van der Waals surface area (Å²) in [4.78, 5) is 3.94. The summed E-state index contributed by atoms with van der Waals surface area (Å²) in [5.41, 5.74) is 0. The van der Waals surface area contributed by atoms with Crippen molar-refractivity contribution in [3.8, 4) is 0 Å². The van der Waals surface area contributed by atoms with E-state index in [1.807, 2.05) is 0 Å². The molecule has 0 amide bonds. The van der Waals surface area contributed by atoms with Gasteiger partial charge in [0.1, 0.15) is 5.15 Å². The number of rotatable bonds is 4. The van der Waals surface area contributed by atoms with Gasteiger partial charge in [0.05, 0.1) is 5.75 Å². The Morgan fingerprint density at radius 3 is 2.85 bits per heavy atom. The maximum absolute atomic E-state index is 10.5. The van der Waals surface area contributed by atoms with E-state index in [1.165, 1.54) is 23.1 Å². The Hall–Kier alpha value is 0.180. The van der Waals surface area contributed by atoms with E-state index in [2.05, 4.69) is 4.98 Å². The second-order valence-electron chi connectivity index (χ2n) is 2.15. The van der Waals surface area contributed by atoms with Crippen molar-refractivity contribution in [2.75, 3.05) is 11.5 Å². The van der Waals surface area contributed by atoms with Crippen LogP contribution >= 0.6 is 34.7 Å². The second-order valence-corrected chi connectivity index (χ2v) is 6.47. The van der Waals surface area contributed by atoms with Gasteiger partial charge in [-0.2, -0.15) is 0 Å². The monoisotopic (exact) mass is 258 g/mol. The third-order valence-corrected chi connectivity index (χ3v) is 4.43. The van der Waals surface area contributed by atoms with Gasteiger partial charge in [-0.3, -0.25) is 0 Å². The summed E-state index contributed by atoms with van der Waals surface area (Å²) in [5.74, 6) is 0.359. The molecular formula is C5H7ClN2O2S3.